The average Bonchev–Trinajstić information content (AvgIpc) is 2.15. The molecule has 0 spiro atoms. The van der Waals surface area contributed by atoms with Crippen LogP contribution >= 0.6 is 11.8 Å². The zero-order chi connectivity index (χ0) is 10.3. The summed E-state index contributed by atoms with van der Waals surface area (Å²) < 4.78 is 0. The highest BCUT2D eigenvalue weighted by Gasteiger charge is 1.94. The van der Waals surface area contributed by atoms with Gasteiger partial charge in [-0.15, -0.1) is 0 Å². The Kier molecular flexibility index (Phi) is 6.51. The van der Waals surface area contributed by atoms with Crippen molar-refractivity contribution in [1.29, 1.82) is 0 Å². The summed E-state index contributed by atoms with van der Waals surface area (Å²) in [6.45, 7) is 6.04. The Morgan fingerprint density at radius 3 is 2.38 bits per heavy atom. The van der Waals surface area contributed by atoms with E-state index in [9.17, 15) is 0 Å². The molecular weight excluding hydrogens is 178 g/mol. The van der Waals surface area contributed by atoms with Gasteiger partial charge in [0.2, 0.25) is 0 Å². The van der Waals surface area contributed by atoms with Gasteiger partial charge in [-0.25, -0.2) is 0 Å². The fraction of sp³-hybridized carbons (Fsp3) is 0.455. The Labute approximate surface area is 85.7 Å². The number of rotatable bonds is 2. The van der Waals surface area contributed by atoms with Crippen LogP contribution in [-0.4, -0.2) is 6.26 Å². The largest absolute Gasteiger partial charge is 0.399 e. The maximum absolute atomic E-state index is 5.68. The van der Waals surface area contributed by atoms with Crippen molar-refractivity contribution >= 4 is 17.4 Å². The molecule has 0 atom stereocenters. The molecule has 74 valence electrons. The van der Waals surface area contributed by atoms with Gasteiger partial charge in [-0.1, -0.05) is 26.0 Å². The number of nitrogen functional groups attached to an aromatic ring is 1. The van der Waals surface area contributed by atoms with E-state index in [-0.39, 0.29) is 0 Å². The van der Waals surface area contributed by atoms with E-state index >= 15 is 0 Å². The average molecular weight is 197 g/mol. The third-order valence-corrected chi connectivity index (χ3v) is 2.27. The molecule has 1 rings (SSSR count). The molecule has 0 radical (unpaired) electrons. The maximum Gasteiger partial charge on any atom is 0.0343 e. The van der Waals surface area contributed by atoms with Gasteiger partial charge < -0.3 is 5.73 Å². The van der Waals surface area contributed by atoms with Gasteiger partial charge in [0.05, 0.1) is 0 Å². The summed E-state index contributed by atoms with van der Waals surface area (Å²) in [4.78, 5) is 0. The zero-order valence-corrected chi connectivity index (χ0v) is 9.74. The SMILES string of the molecule is CC.CSCc1ccc(N)c(C)c1. The highest BCUT2D eigenvalue weighted by molar-refractivity contribution is 7.97. The Bertz CT molecular complexity index is 246. The van der Waals surface area contributed by atoms with Crippen LogP contribution in [-0.2, 0) is 5.75 Å². The molecule has 13 heavy (non-hydrogen) atoms. The van der Waals surface area contributed by atoms with Gasteiger partial charge in [0.25, 0.3) is 0 Å². The number of anilines is 1. The standard InChI is InChI=1S/C9H13NS.C2H6/c1-7-5-8(6-11-2)3-4-9(7)10;1-2/h3-5H,6,10H2,1-2H3;1-2H3. The molecule has 2 N–H and O–H groups in total. The predicted octanol–water partition coefficient (Wildman–Crippen LogP) is 3.47. The summed E-state index contributed by atoms with van der Waals surface area (Å²) in [6.07, 6.45) is 2.10. The molecule has 0 heterocycles. The highest BCUT2D eigenvalue weighted by Crippen LogP contribution is 2.15. The number of benzene rings is 1. The minimum Gasteiger partial charge on any atom is -0.399 e. The van der Waals surface area contributed by atoms with Crippen LogP contribution in [0.4, 0.5) is 5.69 Å². The van der Waals surface area contributed by atoms with E-state index in [0.29, 0.717) is 0 Å². The van der Waals surface area contributed by atoms with Crippen LogP contribution in [0.15, 0.2) is 18.2 Å². The third kappa shape index (κ3) is 4.23. The lowest BCUT2D eigenvalue weighted by Gasteiger charge is -2.02. The smallest absolute Gasteiger partial charge is 0.0343 e. The predicted molar refractivity (Wildman–Crippen MR) is 64.2 cm³/mol. The Morgan fingerprint density at radius 2 is 1.92 bits per heavy atom. The van der Waals surface area contributed by atoms with Gasteiger partial charge >= 0.3 is 0 Å². The van der Waals surface area contributed by atoms with Crippen molar-refractivity contribution in [1.82, 2.24) is 0 Å². The molecule has 0 aliphatic heterocycles. The molecule has 0 amide bonds. The highest BCUT2D eigenvalue weighted by atomic mass is 32.2. The second-order valence-corrected chi connectivity index (χ2v) is 3.49. The van der Waals surface area contributed by atoms with E-state index in [4.69, 9.17) is 5.73 Å². The van der Waals surface area contributed by atoms with Crippen molar-refractivity contribution in [2.75, 3.05) is 12.0 Å². The van der Waals surface area contributed by atoms with Gasteiger partial charge in [0.15, 0.2) is 0 Å². The van der Waals surface area contributed by atoms with Crippen LogP contribution in [0.5, 0.6) is 0 Å². The van der Waals surface area contributed by atoms with E-state index in [0.717, 1.165) is 11.4 Å². The summed E-state index contributed by atoms with van der Waals surface area (Å²) in [7, 11) is 0. The first-order valence-electron chi connectivity index (χ1n) is 4.58. The van der Waals surface area contributed by atoms with Crippen molar-refractivity contribution in [2.24, 2.45) is 0 Å². The molecule has 0 bridgehead atoms. The number of hydrogen-bond acceptors (Lipinski definition) is 2. The number of aryl methyl sites for hydroxylation is 1. The van der Waals surface area contributed by atoms with Gasteiger partial charge in [-0.2, -0.15) is 11.8 Å². The molecule has 1 aromatic carbocycles. The van der Waals surface area contributed by atoms with Crippen LogP contribution in [0.25, 0.3) is 0 Å². The molecule has 0 saturated carbocycles. The molecule has 0 unspecified atom stereocenters. The molecule has 0 saturated heterocycles. The lowest BCUT2D eigenvalue weighted by atomic mass is 10.1. The maximum atomic E-state index is 5.68. The summed E-state index contributed by atoms with van der Waals surface area (Å²) in [5.41, 5.74) is 9.09. The van der Waals surface area contributed by atoms with Crippen molar-refractivity contribution < 1.29 is 0 Å². The third-order valence-electron chi connectivity index (χ3n) is 1.65. The molecule has 1 nitrogen and oxygen atoms in total. The van der Waals surface area contributed by atoms with E-state index < -0.39 is 0 Å². The summed E-state index contributed by atoms with van der Waals surface area (Å²) in [6, 6.07) is 6.20. The van der Waals surface area contributed by atoms with Crippen molar-refractivity contribution in [3.63, 3.8) is 0 Å². The van der Waals surface area contributed by atoms with Gasteiger partial charge in [0, 0.05) is 11.4 Å². The van der Waals surface area contributed by atoms with Gasteiger partial charge in [-0.3, -0.25) is 0 Å². The van der Waals surface area contributed by atoms with Crippen LogP contribution < -0.4 is 5.73 Å². The van der Waals surface area contributed by atoms with Crippen molar-refractivity contribution in [3.05, 3.63) is 29.3 Å². The van der Waals surface area contributed by atoms with Crippen LogP contribution in [0.3, 0.4) is 0 Å². The molecule has 0 fully saturated rings. The van der Waals surface area contributed by atoms with E-state index in [2.05, 4.69) is 18.4 Å². The van der Waals surface area contributed by atoms with Gasteiger partial charge in [-0.05, 0) is 30.4 Å². The van der Waals surface area contributed by atoms with Crippen LogP contribution in [0, 0.1) is 6.92 Å². The minimum atomic E-state index is 0.884. The van der Waals surface area contributed by atoms with Crippen molar-refractivity contribution in [2.45, 2.75) is 26.5 Å². The lowest BCUT2D eigenvalue weighted by Crippen LogP contribution is -1.90. The molecule has 0 aromatic heterocycles. The molecule has 0 aliphatic carbocycles. The summed E-state index contributed by atoms with van der Waals surface area (Å²) in [5, 5.41) is 0. The van der Waals surface area contributed by atoms with Crippen LogP contribution in [0.2, 0.25) is 0 Å². The zero-order valence-electron chi connectivity index (χ0n) is 8.92. The number of hydrogen-bond donors (Lipinski definition) is 1. The Hall–Kier alpha value is -0.630. The van der Waals surface area contributed by atoms with Crippen molar-refractivity contribution in [3.8, 4) is 0 Å². The molecule has 1 aromatic rings. The quantitative estimate of drug-likeness (QED) is 0.735. The lowest BCUT2D eigenvalue weighted by molar-refractivity contribution is 1.36. The summed E-state index contributed by atoms with van der Waals surface area (Å²) >= 11 is 1.83. The second kappa shape index (κ2) is 6.84. The first-order chi connectivity index (χ1) is 6.24. The number of thioether (sulfide) groups is 1. The Morgan fingerprint density at radius 1 is 1.31 bits per heavy atom. The first kappa shape index (κ1) is 12.4. The minimum absolute atomic E-state index is 0.884. The fourth-order valence-electron chi connectivity index (χ4n) is 0.994. The summed E-state index contributed by atoms with van der Waals surface area (Å²) in [5.74, 6) is 1.07. The van der Waals surface area contributed by atoms with E-state index in [1.54, 1.807) is 0 Å². The van der Waals surface area contributed by atoms with Crippen LogP contribution in [0.1, 0.15) is 25.0 Å². The van der Waals surface area contributed by atoms with E-state index in [1.807, 2.05) is 38.6 Å². The number of nitrogens with two attached hydrogens (primary N) is 1. The molecule has 0 aliphatic rings. The normalized spacial score (nSPS) is 8.92. The molecule has 2 heteroatoms. The fourth-order valence-corrected chi connectivity index (χ4v) is 1.51. The Balaban J connectivity index is 0.000000671. The monoisotopic (exact) mass is 197 g/mol. The topological polar surface area (TPSA) is 26.0 Å². The van der Waals surface area contributed by atoms with Gasteiger partial charge in [0.1, 0.15) is 0 Å². The first-order valence-corrected chi connectivity index (χ1v) is 5.97. The van der Waals surface area contributed by atoms with E-state index in [1.165, 1.54) is 11.1 Å². The second-order valence-electron chi connectivity index (χ2n) is 2.62. The molecular formula is C11H19NS.